The van der Waals surface area contributed by atoms with Crippen molar-refractivity contribution in [3.8, 4) is 5.75 Å². The summed E-state index contributed by atoms with van der Waals surface area (Å²) in [6.07, 6.45) is 6.72. The molecule has 4 nitrogen and oxygen atoms in total. The molecule has 0 saturated heterocycles. The molecule has 5 heteroatoms. The first kappa shape index (κ1) is 15.8. The van der Waals surface area contributed by atoms with Gasteiger partial charge in [0.05, 0.1) is 7.11 Å². The van der Waals surface area contributed by atoms with Gasteiger partial charge < -0.3 is 9.84 Å². The lowest BCUT2D eigenvalue weighted by Gasteiger charge is -2.23. The van der Waals surface area contributed by atoms with E-state index >= 15 is 0 Å². The second-order valence-electron chi connectivity index (χ2n) is 5.52. The van der Waals surface area contributed by atoms with Crippen LogP contribution in [-0.2, 0) is 9.53 Å². The number of rotatable bonds is 4. The molecule has 1 unspecified atom stereocenters. The van der Waals surface area contributed by atoms with Crippen LogP contribution in [0.2, 0.25) is 0 Å². The van der Waals surface area contributed by atoms with Gasteiger partial charge in [0.1, 0.15) is 6.04 Å². The third-order valence-corrected chi connectivity index (χ3v) is 4.00. The van der Waals surface area contributed by atoms with Crippen LogP contribution in [0.1, 0.15) is 50.1 Å². The number of phenols is 1. The fourth-order valence-corrected chi connectivity index (χ4v) is 2.80. The maximum Gasteiger partial charge on any atom is 0.327 e. The zero-order valence-corrected chi connectivity index (χ0v) is 12.3. The number of methoxy groups -OCH3 is 1. The van der Waals surface area contributed by atoms with E-state index in [-0.39, 0.29) is 6.04 Å². The van der Waals surface area contributed by atoms with E-state index in [2.05, 4.69) is 5.32 Å². The number of hydrogen-bond donors (Lipinski definition) is 2. The van der Waals surface area contributed by atoms with E-state index in [0.717, 1.165) is 25.7 Å². The molecule has 1 aromatic rings. The topological polar surface area (TPSA) is 58.6 Å². The minimum absolute atomic E-state index is 0.230. The molecule has 1 atom stereocenters. The highest BCUT2D eigenvalue weighted by molar-refractivity contribution is 5.77. The van der Waals surface area contributed by atoms with Crippen LogP contribution in [0.3, 0.4) is 0 Å². The van der Waals surface area contributed by atoms with Gasteiger partial charge in [0, 0.05) is 6.04 Å². The number of nitrogens with one attached hydrogen (secondary N) is 1. The van der Waals surface area contributed by atoms with Crippen LogP contribution in [0.4, 0.5) is 4.39 Å². The summed E-state index contributed by atoms with van der Waals surface area (Å²) < 4.78 is 18.3. The molecule has 2 N–H and O–H groups in total. The molecule has 1 fully saturated rings. The van der Waals surface area contributed by atoms with Gasteiger partial charge in [-0.25, -0.2) is 9.18 Å². The van der Waals surface area contributed by atoms with Gasteiger partial charge in [-0.1, -0.05) is 31.7 Å². The van der Waals surface area contributed by atoms with Gasteiger partial charge in [-0.15, -0.1) is 0 Å². The van der Waals surface area contributed by atoms with Crippen molar-refractivity contribution in [2.24, 2.45) is 0 Å². The van der Waals surface area contributed by atoms with E-state index in [9.17, 15) is 14.3 Å². The van der Waals surface area contributed by atoms with Gasteiger partial charge in [0.25, 0.3) is 0 Å². The number of carbonyl (C=O) groups is 1. The number of ether oxygens (including phenoxy) is 1. The van der Waals surface area contributed by atoms with E-state index in [1.54, 1.807) is 6.07 Å². The van der Waals surface area contributed by atoms with Crippen molar-refractivity contribution in [1.82, 2.24) is 5.32 Å². The Morgan fingerprint density at radius 2 is 2.00 bits per heavy atom. The molecule has 0 bridgehead atoms. The van der Waals surface area contributed by atoms with Crippen molar-refractivity contribution in [2.75, 3.05) is 7.11 Å². The molecule has 1 saturated carbocycles. The van der Waals surface area contributed by atoms with Crippen molar-refractivity contribution >= 4 is 5.97 Å². The summed E-state index contributed by atoms with van der Waals surface area (Å²) in [5, 5.41) is 12.6. The lowest BCUT2D eigenvalue weighted by molar-refractivity contribution is -0.143. The van der Waals surface area contributed by atoms with Gasteiger partial charge in [0.2, 0.25) is 0 Å². The smallest absolute Gasteiger partial charge is 0.327 e. The quantitative estimate of drug-likeness (QED) is 0.662. The maximum atomic E-state index is 13.5. The van der Waals surface area contributed by atoms with Crippen LogP contribution >= 0.6 is 0 Å². The van der Waals surface area contributed by atoms with Crippen molar-refractivity contribution < 1.29 is 19.0 Å². The molecule has 0 aliphatic heterocycles. The Morgan fingerprint density at radius 3 is 2.57 bits per heavy atom. The number of benzene rings is 1. The molecule has 0 spiro atoms. The summed E-state index contributed by atoms with van der Waals surface area (Å²) in [5.74, 6) is -1.59. The molecule has 0 radical (unpaired) electrons. The first-order chi connectivity index (χ1) is 10.1. The Morgan fingerprint density at radius 1 is 1.33 bits per heavy atom. The summed E-state index contributed by atoms with van der Waals surface area (Å²) >= 11 is 0. The zero-order valence-electron chi connectivity index (χ0n) is 12.3. The number of phenolic OH excluding ortho intramolecular Hbond substituents is 1. The molecule has 0 heterocycles. The van der Waals surface area contributed by atoms with Crippen molar-refractivity contribution in [3.63, 3.8) is 0 Å². The minimum atomic E-state index is -0.732. The highest BCUT2D eigenvalue weighted by Gasteiger charge is 2.26. The minimum Gasteiger partial charge on any atom is -0.505 e. The molecule has 1 aliphatic rings. The van der Waals surface area contributed by atoms with Crippen molar-refractivity contribution in [2.45, 2.75) is 50.6 Å². The van der Waals surface area contributed by atoms with Crippen LogP contribution in [0.25, 0.3) is 0 Å². The molecular weight excluding hydrogens is 273 g/mol. The summed E-state index contributed by atoms with van der Waals surface area (Å²) in [6.45, 7) is 0. The van der Waals surface area contributed by atoms with E-state index in [1.807, 2.05) is 0 Å². The van der Waals surface area contributed by atoms with E-state index in [1.165, 1.54) is 32.1 Å². The second kappa shape index (κ2) is 7.41. The molecule has 0 aromatic heterocycles. The van der Waals surface area contributed by atoms with Gasteiger partial charge in [-0.05, 0) is 30.5 Å². The predicted molar refractivity (Wildman–Crippen MR) is 77.4 cm³/mol. The van der Waals surface area contributed by atoms with Crippen molar-refractivity contribution in [3.05, 3.63) is 29.6 Å². The first-order valence-electron chi connectivity index (χ1n) is 7.44. The Labute approximate surface area is 124 Å². The van der Waals surface area contributed by atoms with Crippen LogP contribution in [0, 0.1) is 5.82 Å². The van der Waals surface area contributed by atoms with Gasteiger partial charge >= 0.3 is 5.97 Å². The molecule has 1 aliphatic carbocycles. The largest absolute Gasteiger partial charge is 0.505 e. The molecule has 2 rings (SSSR count). The Hall–Kier alpha value is -1.62. The summed E-state index contributed by atoms with van der Waals surface area (Å²) in [7, 11) is 1.32. The fourth-order valence-electron chi connectivity index (χ4n) is 2.80. The normalized spacial score (nSPS) is 18.0. The highest BCUT2D eigenvalue weighted by atomic mass is 19.1. The third-order valence-electron chi connectivity index (χ3n) is 4.00. The van der Waals surface area contributed by atoms with Gasteiger partial charge in [-0.3, -0.25) is 5.32 Å². The lowest BCUT2D eigenvalue weighted by atomic mass is 10.0. The van der Waals surface area contributed by atoms with Crippen LogP contribution in [0.15, 0.2) is 18.2 Å². The second-order valence-corrected chi connectivity index (χ2v) is 5.52. The zero-order chi connectivity index (χ0) is 15.2. The predicted octanol–water partition coefficient (Wildman–Crippen LogP) is 3.06. The average Bonchev–Trinajstić information content (AvgIpc) is 2.75. The fraction of sp³-hybridized carbons (Fsp3) is 0.562. The van der Waals surface area contributed by atoms with E-state index in [4.69, 9.17) is 4.74 Å². The first-order valence-corrected chi connectivity index (χ1v) is 7.44. The molecule has 1 aromatic carbocycles. The molecule has 116 valence electrons. The monoisotopic (exact) mass is 295 g/mol. The van der Waals surface area contributed by atoms with Crippen LogP contribution in [-0.4, -0.2) is 24.2 Å². The molecule has 21 heavy (non-hydrogen) atoms. The number of esters is 1. The number of halogens is 1. The average molecular weight is 295 g/mol. The Kier molecular flexibility index (Phi) is 5.56. The van der Waals surface area contributed by atoms with E-state index in [0.29, 0.717) is 5.56 Å². The Bertz CT molecular complexity index is 484. The molecular formula is C16H22FNO3. The van der Waals surface area contributed by atoms with Gasteiger partial charge in [0.15, 0.2) is 11.6 Å². The highest BCUT2D eigenvalue weighted by Crippen LogP contribution is 2.25. The standard InChI is InChI=1S/C16H22FNO3/c1-21-16(20)15(11-8-9-14(19)13(17)10-11)18-12-6-4-2-3-5-7-12/h8-10,12,15,18-19H,2-7H2,1H3. The van der Waals surface area contributed by atoms with Crippen LogP contribution in [0.5, 0.6) is 5.75 Å². The van der Waals surface area contributed by atoms with Gasteiger partial charge in [-0.2, -0.15) is 0 Å². The third kappa shape index (κ3) is 4.17. The van der Waals surface area contributed by atoms with Crippen LogP contribution < -0.4 is 5.32 Å². The summed E-state index contributed by atoms with van der Waals surface area (Å²) in [6, 6.07) is 3.52. The summed E-state index contributed by atoms with van der Waals surface area (Å²) in [4.78, 5) is 12.0. The molecule has 0 amide bonds. The lowest BCUT2D eigenvalue weighted by Crippen LogP contribution is -2.37. The van der Waals surface area contributed by atoms with E-state index < -0.39 is 23.6 Å². The Balaban J connectivity index is 2.17. The summed E-state index contributed by atoms with van der Waals surface area (Å²) in [5.41, 5.74) is 0.474. The number of carbonyl (C=O) groups excluding carboxylic acids is 1. The number of hydrogen-bond acceptors (Lipinski definition) is 4. The SMILES string of the molecule is COC(=O)C(NC1CCCCCC1)c1ccc(O)c(F)c1. The number of aromatic hydroxyl groups is 1. The maximum absolute atomic E-state index is 13.5. The van der Waals surface area contributed by atoms with Crippen molar-refractivity contribution in [1.29, 1.82) is 0 Å².